The van der Waals surface area contributed by atoms with Crippen molar-refractivity contribution < 1.29 is 18.3 Å². The summed E-state index contributed by atoms with van der Waals surface area (Å²) in [7, 11) is 3.03. The molecular formula is C26H28F2N6O2. The molecule has 3 N–H and O–H groups in total. The van der Waals surface area contributed by atoms with Gasteiger partial charge in [-0.3, -0.25) is 9.80 Å². The first-order valence-electron chi connectivity index (χ1n) is 11.4. The molecule has 1 aliphatic heterocycles. The van der Waals surface area contributed by atoms with Crippen molar-refractivity contribution in [2.24, 2.45) is 10.8 Å². The molecule has 0 unspecified atom stereocenters. The van der Waals surface area contributed by atoms with E-state index in [0.717, 1.165) is 6.42 Å². The maximum absolute atomic E-state index is 15.2. The summed E-state index contributed by atoms with van der Waals surface area (Å²) in [5.74, 6) is -1.37. The monoisotopic (exact) mass is 494 g/mol. The van der Waals surface area contributed by atoms with Gasteiger partial charge in [-0.1, -0.05) is 12.1 Å². The summed E-state index contributed by atoms with van der Waals surface area (Å²) in [6, 6.07) is 10.3. The molecule has 0 bridgehead atoms. The zero-order chi connectivity index (χ0) is 26.0. The van der Waals surface area contributed by atoms with Crippen LogP contribution >= 0.6 is 0 Å². The maximum Gasteiger partial charge on any atom is 0.274 e. The highest BCUT2D eigenvalue weighted by atomic mass is 19.1. The third-order valence-electron chi connectivity index (χ3n) is 6.22. The second kappa shape index (κ2) is 10.3. The zero-order valence-electron chi connectivity index (χ0n) is 20.4. The second-order valence-electron chi connectivity index (χ2n) is 8.57. The Kier molecular flexibility index (Phi) is 7.16. The van der Waals surface area contributed by atoms with Gasteiger partial charge in [-0.05, 0) is 37.6 Å². The number of halogens is 2. The number of hydrazone groups is 1. The van der Waals surface area contributed by atoms with Crippen LogP contribution in [0.25, 0.3) is 11.3 Å². The number of pyridine rings is 1. The summed E-state index contributed by atoms with van der Waals surface area (Å²) in [6.07, 6.45) is 0.767. The third-order valence-corrected chi connectivity index (χ3v) is 6.22. The Morgan fingerprint density at radius 3 is 2.69 bits per heavy atom. The Hall–Kier alpha value is -4.05. The fraction of sp³-hybridized carbons (Fsp3) is 0.269. The molecule has 1 aromatic heterocycles. The number of methoxy groups -OCH3 is 1. The molecule has 1 amide bonds. The number of anilines is 3. The number of amides is 1. The highest BCUT2D eigenvalue weighted by Gasteiger charge is 2.28. The van der Waals surface area contributed by atoms with E-state index >= 15 is 4.39 Å². The van der Waals surface area contributed by atoms with Crippen LogP contribution in [0, 0.1) is 18.6 Å². The van der Waals surface area contributed by atoms with Crippen LogP contribution in [-0.2, 0) is 0 Å². The van der Waals surface area contributed by atoms with Crippen molar-refractivity contribution in [2.75, 3.05) is 42.5 Å². The number of carbonyl (C=O) groups is 1. The number of nitrogens with two attached hydrogens (primary N) is 1. The van der Waals surface area contributed by atoms with Crippen LogP contribution in [0.1, 0.15) is 22.5 Å². The van der Waals surface area contributed by atoms with Gasteiger partial charge in [0.2, 0.25) is 0 Å². The Morgan fingerprint density at radius 1 is 1.28 bits per heavy atom. The van der Waals surface area contributed by atoms with E-state index in [1.807, 2.05) is 4.90 Å². The fourth-order valence-electron chi connectivity index (χ4n) is 4.53. The SMILES string of the molecule is C=NN(C)c1c(F)cc(NC(=O)c2cccc(-c3c(F)cccc3OC)n2)c(N2CC[C@H](N)C2)c1C. The maximum atomic E-state index is 15.2. The molecule has 4 rings (SSSR count). The van der Waals surface area contributed by atoms with Crippen molar-refractivity contribution >= 4 is 29.7 Å². The Labute approximate surface area is 208 Å². The van der Waals surface area contributed by atoms with Gasteiger partial charge < -0.3 is 20.7 Å². The number of aromatic nitrogens is 1. The third kappa shape index (κ3) is 4.72. The topological polar surface area (TPSA) is 96.1 Å². The molecule has 8 nitrogen and oxygen atoms in total. The molecule has 0 spiro atoms. The number of rotatable bonds is 7. The lowest BCUT2D eigenvalue weighted by molar-refractivity contribution is 0.102. The van der Waals surface area contributed by atoms with Gasteiger partial charge in [-0.2, -0.15) is 5.10 Å². The fourth-order valence-corrected chi connectivity index (χ4v) is 4.53. The van der Waals surface area contributed by atoms with Crippen molar-refractivity contribution in [3.63, 3.8) is 0 Å². The van der Waals surface area contributed by atoms with Crippen LogP contribution in [0.4, 0.5) is 25.8 Å². The van der Waals surface area contributed by atoms with E-state index in [1.165, 1.54) is 36.4 Å². The number of nitrogens with one attached hydrogen (secondary N) is 1. The van der Waals surface area contributed by atoms with Crippen molar-refractivity contribution in [2.45, 2.75) is 19.4 Å². The molecule has 2 aromatic carbocycles. The second-order valence-corrected chi connectivity index (χ2v) is 8.57. The van der Waals surface area contributed by atoms with Crippen LogP contribution in [-0.4, -0.2) is 50.9 Å². The predicted octanol–water partition coefficient (Wildman–Crippen LogP) is 4.19. The number of hydrogen-bond donors (Lipinski definition) is 2. The largest absolute Gasteiger partial charge is 0.496 e. The van der Waals surface area contributed by atoms with E-state index in [-0.39, 0.29) is 34.4 Å². The Morgan fingerprint density at radius 2 is 2.03 bits per heavy atom. The molecule has 0 aliphatic carbocycles. The smallest absolute Gasteiger partial charge is 0.274 e. The molecule has 0 radical (unpaired) electrons. The van der Waals surface area contributed by atoms with E-state index in [4.69, 9.17) is 10.5 Å². The molecule has 36 heavy (non-hydrogen) atoms. The number of carbonyl (C=O) groups excluding carboxylic acids is 1. The van der Waals surface area contributed by atoms with Crippen LogP contribution in [0.15, 0.2) is 47.6 Å². The minimum Gasteiger partial charge on any atom is -0.496 e. The van der Waals surface area contributed by atoms with Crippen molar-refractivity contribution in [1.82, 2.24) is 4.98 Å². The highest BCUT2D eigenvalue weighted by molar-refractivity contribution is 6.05. The van der Waals surface area contributed by atoms with E-state index in [1.54, 1.807) is 32.2 Å². The summed E-state index contributed by atoms with van der Waals surface area (Å²) in [5, 5.41) is 7.97. The van der Waals surface area contributed by atoms with E-state index in [2.05, 4.69) is 22.1 Å². The number of hydrogen-bond acceptors (Lipinski definition) is 7. The van der Waals surface area contributed by atoms with E-state index < -0.39 is 17.5 Å². The van der Waals surface area contributed by atoms with Crippen LogP contribution in [0.5, 0.6) is 5.75 Å². The lowest BCUT2D eigenvalue weighted by atomic mass is 10.1. The lowest BCUT2D eigenvalue weighted by Crippen LogP contribution is -2.28. The standard InChI is InChI=1S/C26H28F2N6O2/c1-15-24(33(3)30-2)18(28)13-21(25(15)34-12-11-16(29)14-34)32-26(35)20-9-6-8-19(31-20)23-17(27)7-5-10-22(23)36-4/h5-10,13,16H,2,11-12,14,29H2,1,3-4H3,(H,32,35)/t16-/m0/s1. The zero-order valence-corrected chi connectivity index (χ0v) is 20.4. The van der Waals surface area contributed by atoms with Gasteiger partial charge in [0.25, 0.3) is 5.91 Å². The first-order valence-corrected chi connectivity index (χ1v) is 11.4. The molecule has 188 valence electrons. The summed E-state index contributed by atoms with van der Waals surface area (Å²) in [6.45, 7) is 6.46. The van der Waals surface area contributed by atoms with Crippen LogP contribution in [0.2, 0.25) is 0 Å². The molecular weight excluding hydrogens is 466 g/mol. The average Bonchev–Trinajstić information content (AvgIpc) is 3.28. The van der Waals surface area contributed by atoms with Gasteiger partial charge >= 0.3 is 0 Å². The molecule has 0 saturated carbocycles. The molecule has 1 saturated heterocycles. The summed E-state index contributed by atoms with van der Waals surface area (Å²) in [4.78, 5) is 19.6. The average molecular weight is 495 g/mol. The van der Waals surface area contributed by atoms with Crippen molar-refractivity contribution in [1.29, 1.82) is 0 Å². The number of benzene rings is 2. The first-order chi connectivity index (χ1) is 17.2. The van der Waals surface area contributed by atoms with Gasteiger partial charge in [0.05, 0.1) is 35.4 Å². The molecule has 1 aliphatic rings. The molecule has 3 aromatic rings. The Bertz CT molecular complexity index is 1320. The lowest BCUT2D eigenvalue weighted by Gasteiger charge is -2.28. The van der Waals surface area contributed by atoms with Crippen molar-refractivity contribution in [3.05, 3.63) is 65.4 Å². The van der Waals surface area contributed by atoms with E-state index in [9.17, 15) is 9.18 Å². The minimum absolute atomic E-state index is 0.0360. The summed E-state index contributed by atoms with van der Waals surface area (Å²) in [5.41, 5.74) is 8.31. The summed E-state index contributed by atoms with van der Waals surface area (Å²) >= 11 is 0. The highest BCUT2D eigenvalue weighted by Crippen LogP contribution is 2.40. The molecule has 10 heteroatoms. The van der Waals surface area contributed by atoms with Crippen molar-refractivity contribution in [3.8, 4) is 17.0 Å². The molecule has 1 fully saturated rings. The van der Waals surface area contributed by atoms with Crippen LogP contribution < -0.4 is 25.7 Å². The normalized spacial score (nSPS) is 15.1. The quantitative estimate of drug-likeness (QED) is 0.378. The van der Waals surface area contributed by atoms with Gasteiger partial charge in [-0.25, -0.2) is 13.8 Å². The number of nitrogens with zero attached hydrogens (tertiary/aromatic N) is 4. The summed E-state index contributed by atoms with van der Waals surface area (Å²) < 4.78 is 35.0. The minimum atomic E-state index is -0.571. The van der Waals surface area contributed by atoms with Gasteiger partial charge in [0.1, 0.15) is 17.3 Å². The van der Waals surface area contributed by atoms with Gasteiger partial charge in [-0.15, -0.1) is 0 Å². The Balaban J connectivity index is 1.74. The first kappa shape index (κ1) is 25.1. The van der Waals surface area contributed by atoms with E-state index in [0.29, 0.717) is 30.1 Å². The van der Waals surface area contributed by atoms with Crippen LogP contribution in [0.3, 0.4) is 0 Å². The molecule has 2 heterocycles. The molecule has 1 atom stereocenters. The predicted molar refractivity (Wildman–Crippen MR) is 138 cm³/mol. The number of ether oxygens (including phenoxy) is 1. The van der Waals surface area contributed by atoms with Gasteiger partial charge in [0.15, 0.2) is 5.82 Å². The van der Waals surface area contributed by atoms with Gasteiger partial charge in [0, 0.05) is 44.5 Å².